The van der Waals surface area contributed by atoms with Gasteiger partial charge in [0.1, 0.15) is 5.75 Å². The van der Waals surface area contributed by atoms with E-state index in [4.69, 9.17) is 14.9 Å². The van der Waals surface area contributed by atoms with Gasteiger partial charge in [-0.15, -0.1) is 0 Å². The molecule has 0 heterocycles. The van der Waals surface area contributed by atoms with Crippen LogP contribution in [0.15, 0.2) is 24.3 Å². The summed E-state index contributed by atoms with van der Waals surface area (Å²) in [6.07, 6.45) is 2.00. The van der Waals surface area contributed by atoms with Crippen LogP contribution in [-0.4, -0.2) is 41.3 Å². The van der Waals surface area contributed by atoms with Crippen LogP contribution in [-0.2, 0) is 4.79 Å². The van der Waals surface area contributed by atoms with Crippen LogP contribution in [0, 0.1) is 0 Å². The fraction of sp³-hybridized carbons (Fsp3) is 0.429. The van der Waals surface area contributed by atoms with Gasteiger partial charge in [-0.25, -0.2) is 4.79 Å². The van der Waals surface area contributed by atoms with Crippen LogP contribution in [0.25, 0.3) is 0 Å². The second kappa shape index (κ2) is 8.16. The summed E-state index contributed by atoms with van der Waals surface area (Å²) in [5, 5.41) is 19.8. The molecular weight excluding hydrogens is 262 g/mol. The summed E-state index contributed by atoms with van der Waals surface area (Å²) in [6, 6.07) is 5.10. The van der Waals surface area contributed by atoms with Crippen molar-refractivity contribution in [3.63, 3.8) is 0 Å². The molecule has 20 heavy (non-hydrogen) atoms. The molecule has 0 aliphatic carbocycles. The number of aliphatic hydroxyl groups excluding tert-OH is 1. The topological polar surface area (TPSA) is 95.9 Å². The molecule has 1 aromatic rings. The van der Waals surface area contributed by atoms with Gasteiger partial charge in [-0.1, -0.05) is 13.3 Å². The minimum atomic E-state index is -1.30. The summed E-state index contributed by atoms with van der Waals surface area (Å²) in [4.78, 5) is 22.5. The van der Waals surface area contributed by atoms with Gasteiger partial charge in [-0.2, -0.15) is 0 Å². The van der Waals surface area contributed by atoms with Gasteiger partial charge in [0.2, 0.25) is 0 Å². The number of carbonyl (C=O) groups excluding carboxylic acids is 1. The molecule has 0 aliphatic heterocycles. The lowest BCUT2D eigenvalue weighted by molar-refractivity contribution is -0.140. The molecule has 6 nitrogen and oxygen atoms in total. The van der Waals surface area contributed by atoms with E-state index in [9.17, 15) is 9.59 Å². The molecule has 3 N–H and O–H groups in total. The van der Waals surface area contributed by atoms with Crippen molar-refractivity contribution in [3.8, 4) is 5.75 Å². The standard InChI is InChI=1S/C14H19NO5/c1-2-3-8-20-11-6-4-10(5-7-11)13(17)15-12(9-16)14(18)19/h4-7,12,16H,2-3,8-9H2,1H3,(H,15,17)(H,18,19)/t12-/m0/s1. The van der Waals surface area contributed by atoms with Crippen LogP contribution in [0.5, 0.6) is 5.75 Å². The third-order valence-electron chi connectivity index (χ3n) is 2.67. The predicted molar refractivity (Wildman–Crippen MR) is 72.8 cm³/mol. The highest BCUT2D eigenvalue weighted by atomic mass is 16.5. The van der Waals surface area contributed by atoms with E-state index in [1.807, 2.05) is 0 Å². The van der Waals surface area contributed by atoms with Gasteiger partial charge in [0, 0.05) is 5.56 Å². The predicted octanol–water partition coefficient (Wildman–Crippen LogP) is 1.04. The first-order valence-corrected chi connectivity index (χ1v) is 6.45. The zero-order chi connectivity index (χ0) is 15.0. The monoisotopic (exact) mass is 281 g/mol. The van der Waals surface area contributed by atoms with Crippen LogP contribution in [0.2, 0.25) is 0 Å². The quantitative estimate of drug-likeness (QED) is 0.619. The average Bonchev–Trinajstić information content (AvgIpc) is 2.45. The fourth-order valence-electron chi connectivity index (χ4n) is 1.46. The van der Waals surface area contributed by atoms with Crippen LogP contribution in [0.3, 0.4) is 0 Å². The molecular formula is C14H19NO5. The van der Waals surface area contributed by atoms with E-state index >= 15 is 0 Å². The van der Waals surface area contributed by atoms with Gasteiger partial charge in [0.25, 0.3) is 5.91 Å². The molecule has 1 amide bonds. The Bertz CT molecular complexity index is 443. The van der Waals surface area contributed by atoms with Crippen LogP contribution in [0.1, 0.15) is 30.1 Å². The van der Waals surface area contributed by atoms with Crippen molar-refractivity contribution in [2.45, 2.75) is 25.8 Å². The lowest BCUT2D eigenvalue weighted by Crippen LogP contribution is -2.43. The second-order valence-electron chi connectivity index (χ2n) is 4.27. The molecule has 0 bridgehead atoms. The number of nitrogens with one attached hydrogen (secondary N) is 1. The number of ether oxygens (including phenoxy) is 1. The lowest BCUT2D eigenvalue weighted by atomic mass is 10.2. The molecule has 110 valence electrons. The number of carboxylic acids is 1. The molecule has 0 saturated carbocycles. The van der Waals surface area contributed by atoms with Crippen molar-refractivity contribution in [1.29, 1.82) is 0 Å². The summed E-state index contributed by atoms with van der Waals surface area (Å²) in [5.41, 5.74) is 0.313. The number of hydrogen-bond donors (Lipinski definition) is 3. The van der Waals surface area contributed by atoms with E-state index in [1.165, 1.54) is 0 Å². The maximum absolute atomic E-state index is 11.8. The van der Waals surface area contributed by atoms with E-state index in [0.29, 0.717) is 17.9 Å². The van der Waals surface area contributed by atoms with E-state index in [1.54, 1.807) is 24.3 Å². The Balaban J connectivity index is 2.59. The summed E-state index contributed by atoms with van der Waals surface area (Å²) in [7, 11) is 0. The molecule has 0 fully saturated rings. The molecule has 1 rings (SSSR count). The highest BCUT2D eigenvalue weighted by Gasteiger charge is 2.19. The molecule has 0 unspecified atom stereocenters. The van der Waals surface area contributed by atoms with E-state index in [-0.39, 0.29) is 0 Å². The second-order valence-corrected chi connectivity index (χ2v) is 4.27. The molecule has 0 radical (unpaired) electrons. The Morgan fingerprint density at radius 2 is 1.95 bits per heavy atom. The summed E-state index contributed by atoms with van der Waals surface area (Å²) >= 11 is 0. The Morgan fingerprint density at radius 3 is 2.45 bits per heavy atom. The molecule has 6 heteroatoms. The molecule has 1 aromatic carbocycles. The summed E-state index contributed by atoms with van der Waals surface area (Å²) < 4.78 is 5.46. The van der Waals surface area contributed by atoms with Crippen molar-refractivity contribution in [1.82, 2.24) is 5.32 Å². The Morgan fingerprint density at radius 1 is 1.30 bits per heavy atom. The lowest BCUT2D eigenvalue weighted by Gasteiger charge is -2.12. The van der Waals surface area contributed by atoms with Crippen LogP contribution < -0.4 is 10.1 Å². The molecule has 0 saturated heterocycles. The van der Waals surface area contributed by atoms with Crippen molar-refractivity contribution in [2.24, 2.45) is 0 Å². The number of carbonyl (C=O) groups is 2. The minimum absolute atomic E-state index is 0.313. The van der Waals surface area contributed by atoms with Crippen LogP contribution >= 0.6 is 0 Å². The molecule has 0 spiro atoms. The summed E-state index contributed by atoms with van der Waals surface area (Å²) in [5.74, 6) is -1.17. The Kier molecular flexibility index (Phi) is 6.52. The number of aliphatic carboxylic acids is 1. The average molecular weight is 281 g/mol. The number of amides is 1. The number of rotatable bonds is 8. The number of hydrogen-bond acceptors (Lipinski definition) is 4. The normalized spacial score (nSPS) is 11.7. The smallest absolute Gasteiger partial charge is 0.328 e. The van der Waals surface area contributed by atoms with E-state index in [0.717, 1.165) is 12.8 Å². The third-order valence-corrected chi connectivity index (χ3v) is 2.67. The Labute approximate surface area is 117 Å². The van der Waals surface area contributed by atoms with Crippen molar-refractivity contribution < 1.29 is 24.5 Å². The molecule has 1 atom stereocenters. The fourth-order valence-corrected chi connectivity index (χ4v) is 1.46. The number of carboxylic acid groups (broad SMARTS) is 1. The third kappa shape index (κ3) is 4.89. The number of benzene rings is 1. The molecule has 0 aliphatic rings. The van der Waals surface area contributed by atoms with Gasteiger partial charge in [0.05, 0.1) is 13.2 Å². The van der Waals surface area contributed by atoms with E-state index in [2.05, 4.69) is 12.2 Å². The largest absolute Gasteiger partial charge is 0.494 e. The van der Waals surface area contributed by atoms with Gasteiger partial charge < -0.3 is 20.3 Å². The van der Waals surface area contributed by atoms with Crippen molar-refractivity contribution in [2.75, 3.05) is 13.2 Å². The maximum atomic E-state index is 11.8. The number of aliphatic hydroxyl groups is 1. The zero-order valence-corrected chi connectivity index (χ0v) is 11.3. The zero-order valence-electron chi connectivity index (χ0n) is 11.3. The Hall–Kier alpha value is -2.08. The molecule has 0 aromatic heterocycles. The minimum Gasteiger partial charge on any atom is -0.494 e. The van der Waals surface area contributed by atoms with Gasteiger partial charge in [-0.05, 0) is 30.7 Å². The van der Waals surface area contributed by atoms with Crippen LogP contribution in [0.4, 0.5) is 0 Å². The highest BCUT2D eigenvalue weighted by molar-refractivity contribution is 5.96. The van der Waals surface area contributed by atoms with Gasteiger partial charge in [0.15, 0.2) is 6.04 Å². The first-order chi connectivity index (χ1) is 9.58. The maximum Gasteiger partial charge on any atom is 0.328 e. The first kappa shape index (κ1) is 16.0. The van der Waals surface area contributed by atoms with E-state index < -0.39 is 24.5 Å². The van der Waals surface area contributed by atoms with Crippen molar-refractivity contribution in [3.05, 3.63) is 29.8 Å². The van der Waals surface area contributed by atoms with Crippen molar-refractivity contribution >= 4 is 11.9 Å². The SMILES string of the molecule is CCCCOc1ccc(C(=O)N[C@@H](CO)C(=O)O)cc1. The summed E-state index contributed by atoms with van der Waals surface area (Å²) in [6.45, 7) is 2.03. The van der Waals surface area contributed by atoms with Gasteiger partial charge in [-0.3, -0.25) is 4.79 Å². The van der Waals surface area contributed by atoms with Gasteiger partial charge >= 0.3 is 5.97 Å². The first-order valence-electron chi connectivity index (χ1n) is 6.45. The highest BCUT2D eigenvalue weighted by Crippen LogP contribution is 2.12. The number of unbranched alkanes of at least 4 members (excludes halogenated alkanes) is 1.